The Bertz CT molecular complexity index is 422. The highest BCUT2D eigenvalue weighted by Crippen LogP contribution is 2.17. The molecular formula is C16H27N3O2. The van der Waals surface area contributed by atoms with Gasteiger partial charge in [-0.3, -0.25) is 4.99 Å². The zero-order chi connectivity index (χ0) is 15.3. The van der Waals surface area contributed by atoms with Gasteiger partial charge in [-0.2, -0.15) is 0 Å². The van der Waals surface area contributed by atoms with Crippen molar-refractivity contribution in [3.63, 3.8) is 0 Å². The molecule has 1 aromatic rings. The molecule has 0 heterocycles. The first-order valence-electron chi connectivity index (χ1n) is 7.49. The Morgan fingerprint density at radius 1 is 1.24 bits per heavy atom. The van der Waals surface area contributed by atoms with Crippen molar-refractivity contribution in [3.05, 3.63) is 24.3 Å². The highest BCUT2D eigenvalue weighted by atomic mass is 16.5. The molecule has 0 amide bonds. The minimum atomic E-state index is 0.654. The number of rotatable bonds is 9. The van der Waals surface area contributed by atoms with Crippen LogP contribution in [-0.2, 0) is 4.74 Å². The Morgan fingerprint density at radius 2 is 2.10 bits per heavy atom. The lowest BCUT2D eigenvalue weighted by molar-refractivity contribution is 0.172. The van der Waals surface area contributed by atoms with E-state index >= 15 is 0 Å². The first-order chi connectivity index (χ1) is 10.3. The average molecular weight is 293 g/mol. The number of hydrogen-bond acceptors (Lipinski definition) is 3. The van der Waals surface area contributed by atoms with E-state index in [4.69, 9.17) is 9.47 Å². The second-order valence-electron chi connectivity index (χ2n) is 4.70. The molecule has 0 aliphatic rings. The lowest BCUT2D eigenvalue weighted by atomic mass is 10.3. The number of anilines is 1. The smallest absolute Gasteiger partial charge is 0.195 e. The van der Waals surface area contributed by atoms with Gasteiger partial charge in [0.1, 0.15) is 5.75 Å². The van der Waals surface area contributed by atoms with Crippen LogP contribution in [0.5, 0.6) is 5.75 Å². The van der Waals surface area contributed by atoms with E-state index in [0.717, 1.165) is 43.2 Å². The molecular weight excluding hydrogens is 266 g/mol. The van der Waals surface area contributed by atoms with Crippen molar-refractivity contribution in [2.45, 2.75) is 26.2 Å². The lowest BCUT2D eigenvalue weighted by Gasteiger charge is -2.13. The van der Waals surface area contributed by atoms with Crippen LogP contribution < -0.4 is 15.4 Å². The molecule has 0 radical (unpaired) electrons. The summed E-state index contributed by atoms with van der Waals surface area (Å²) in [7, 11) is 3.47. The molecule has 0 bridgehead atoms. The quantitative estimate of drug-likeness (QED) is 0.417. The van der Waals surface area contributed by atoms with Crippen LogP contribution in [0.4, 0.5) is 5.69 Å². The van der Waals surface area contributed by atoms with E-state index in [1.165, 1.54) is 0 Å². The number of guanidine groups is 1. The lowest BCUT2D eigenvalue weighted by Crippen LogP contribution is -2.31. The van der Waals surface area contributed by atoms with E-state index in [1.54, 1.807) is 14.2 Å². The molecule has 0 aliphatic heterocycles. The maximum Gasteiger partial charge on any atom is 0.195 e. The molecule has 5 heteroatoms. The van der Waals surface area contributed by atoms with Crippen molar-refractivity contribution in [2.24, 2.45) is 4.99 Å². The van der Waals surface area contributed by atoms with Crippen LogP contribution in [0.1, 0.15) is 26.2 Å². The van der Waals surface area contributed by atoms with Crippen molar-refractivity contribution in [2.75, 3.05) is 39.2 Å². The van der Waals surface area contributed by atoms with Gasteiger partial charge in [0.15, 0.2) is 5.96 Å². The predicted octanol–water partition coefficient (Wildman–Crippen LogP) is 2.89. The molecule has 0 aliphatic carbocycles. The van der Waals surface area contributed by atoms with Gasteiger partial charge in [-0.15, -0.1) is 0 Å². The number of nitrogens with zero attached hydrogens (tertiary/aromatic N) is 1. The van der Waals surface area contributed by atoms with Gasteiger partial charge >= 0.3 is 0 Å². The van der Waals surface area contributed by atoms with Crippen molar-refractivity contribution in [1.29, 1.82) is 0 Å². The monoisotopic (exact) mass is 293 g/mol. The van der Waals surface area contributed by atoms with Gasteiger partial charge in [-0.05, 0) is 18.6 Å². The van der Waals surface area contributed by atoms with E-state index in [-0.39, 0.29) is 0 Å². The molecule has 0 unspecified atom stereocenters. The maximum atomic E-state index is 5.68. The third kappa shape index (κ3) is 7.56. The van der Waals surface area contributed by atoms with Crippen LogP contribution in [0.2, 0.25) is 0 Å². The zero-order valence-corrected chi connectivity index (χ0v) is 13.3. The summed E-state index contributed by atoms with van der Waals surface area (Å²) >= 11 is 0. The Kier molecular flexibility index (Phi) is 9.04. The fourth-order valence-corrected chi connectivity index (χ4v) is 1.76. The molecule has 0 saturated heterocycles. The first kappa shape index (κ1) is 17.3. The molecule has 0 aromatic heterocycles. The number of methoxy groups -OCH3 is 1. The highest BCUT2D eigenvalue weighted by Gasteiger charge is 2.00. The van der Waals surface area contributed by atoms with Crippen LogP contribution in [0.15, 0.2) is 29.3 Å². The first-order valence-corrected chi connectivity index (χ1v) is 7.49. The Labute approximate surface area is 127 Å². The molecule has 0 saturated carbocycles. The summed E-state index contributed by atoms with van der Waals surface area (Å²) in [5.41, 5.74) is 0.962. The minimum absolute atomic E-state index is 0.654. The standard InChI is InChI=1S/C16H27N3O2/c1-4-5-10-18-16(17-2)19-14-8-6-9-15(13-14)21-12-7-11-20-3/h6,8-9,13H,4-5,7,10-12H2,1-3H3,(H2,17,18,19). The summed E-state index contributed by atoms with van der Waals surface area (Å²) in [6.45, 7) is 4.46. The van der Waals surface area contributed by atoms with Crippen molar-refractivity contribution < 1.29 is 9.47 Å². The summed E-state index contributed by atoms with van der Waals surface area (Å²) < 4.78 is 10.7. The number of ether oxygens (including phenoxy) is 2. The third-order valence-corrected chi connectivity index (χ3v) is 2.90. The van der Waals surface area contributed by atoms with Crippen LogP contribution in [0.3, 0.4) is 0 Å². The molecule has 21 heavy (non-hydrogen) atoms. The van der Waals surface area contributed by atoms with Gasteiger partial charge in [0.25, 0.3) is 0 Å². The van der Waals surface area contributed by atoms with Crippen LogP contribution in [0.25, 0.3) is 0 Å². The second kappa shape index (κ2) is 11.0. The number of hydrogen-bond donors (Lipinski definition) is 2. The molecule has 1 rings (SSSR count). The SMILES string of the molecule is CCCCNC(=NC)Nc1cccc(OCCCOC)c1. The van der Waals surface area contributed by atoms with Crippen molar-refractivity contribution in [3.8, 4) is 5.75 Å². The maximum absolute atomic E-state index is 5.68. The van der Waals surface area contributed by atoms with E-state index in [1.807, 2.05) is 24.3 Å². The molecule has 0 fully saturated rings. The Balaban J connectivity index is 2.46. The molecule has 0 atom stereocenters. The zero-order valence-electron chi connectivity index (χ0n) is 13.3. The van der Waals surface area contributed by atoms with Gasteiger partial charge in [-0.25, -0.2) is 0 Å². The fraction of sp³-hybridized carbons (Fsp3) is 0.562. The van der Waals surface area contributed by atoms with Gasteiger partial charge < -0.3 is 20.1 Å². The topological polar surface area (TPSA) is 54.9 Å². The Morgan fingerprint density at radius 3 is 2.81 bits per heavy atom. The van der Waals surface area contributed by atoms with E-state index < -0.39 is 0 Å². The van der Waals surface area contributed by atoms with E-state index in [2.05, 4.69) is 22.5 Å². The number of unbranched alkanes of at least 4 members (excludes halogenated alkanes) is 1. The van der Waals surface area contributed by atoms with Gasteiger partial charge in [-0.1, -0.05) is 19.4 Å². The van der Waals surface area contributed by atoms with Gasteiger partial charge in [0.05, 0.1) is 6.61 Å². The van der Waals surface area contributed by atoms with Gasteiger partial charge in [0, 0.05) is 45.5 Å². The summed E-state index contributed by atoms with van der Waals surface area (Å²) in [5.74, 6) is 1.63. The Hall–Kier alpha value is -1.75. The van der Waals surface area contributed by atoms with Crippen LogP contribution >= 0.6 is 0 Å². The fourth-order valence-electron chi connectivity index (χ4n) is 1.76. The van der Waals surface area contributed by atoms with Gasteiger partial charge in [0.2, 0.25) is 0 Å². The molecule has 5 nitrogen and oxygen atoms in total. The molecule has 0 spiro atoms. The highest BCUT2D eigenvalue weighted by molar-refractivity contribution is 5.93. The summed E-state index contributed by atoms with van der Waals surface area (Å²) in [4.78, 5) is 4.21. The third-order valence-electron chi connectivity index (χ3n) is 2.90. The summed E-state index contributed by atoms with van der Waals surface area (Å²) in [6.07, 6.45) is 3.17. The number of benzene rings is 1. The van der Waals surface area contributed by atoms with Crippen LogP contribution in [0, 0.1) is 0 Å². The molecule has 2 N–H and O–H groups in total. The van der Waals surface area contributed by atoms with Crippen LogP contribution in [-0.4, -0.2) is 39.9 Å². The number of aliphatic imine (C=N–C) groups is 1. The predicted molar refractivity (Wildman–Crippen MR) is 88.3 cm³/mol. The largest absolute Gasteiger partial charge is 0.493 e. The summed E-state index contributed by atoms with van der Waals surface area (Å²) in [5, 5.41) is 6.54. The minimum Gasteiger partial charge on any atom is -0.493 e. The van der Waals surface area contributed by atoms with E-state index in [9.17, 15) is 0 Å². The molecule has 1 aromatic carbocycles. The summed E-state index contributed by atoms with van der Waals surface area (Å²) in [6, 6.07) is 7.88. The normalized spacial score (nSPS) is 11.3. The number of nitrogens with one attached hydrogen (secondary N) is 2. The van der Waals surface area contributed by atoms with Crippen molar-refractivity contribution in [1.82, 2.24) is 5.32 Å². The van der Waals surface area contributed by atoms with Crippen molar-refractivity contribution >= 4 is 11.6 Å². The molecule has 118 valence electrons. The average Bonchev–Trinajstić information content (AvgIpc) is 2.51. The second-order valence-corrected chi connectivity index (χ2v) is 4.70. The van der Waals surface area contributed by atoms with E-state index in [0.29, 0.717) is 13.2 Å².